The lowest BCUT2D eigenvalue weighted by molar-refractivity contribution is 0.591. The van der Waals surface area contributed by atoms with Crippen LogP contribution in [-0.2, 0) is 4.57 Å². The van der Waals surface area contributed by atoms with Crippen LogP contribution >= 0.6 is 7.14 Å². The molecule has 0 saturated heterocycles. The molecule has 1 aliphatic heterocycles. The van der Waals surface area contributed by atoms with Gasteiger partial charge in [0.1, 0.15) is 0 Å². The molecule has 1 aliphatic carbocycles. The van der Waals surface area contributed by atoms with Crippen LogP contribution in [0.1, 0.15) is 45.2 Å². The van der Waals surface area contributed by atoms with Gasteiger partial charge in [-0.2, -0.15) is 0 Å². The van der Waals surface area contributed by atoms with E-state index in [1.807, 2.05) is 89.4 Å². The fraction of sp³-hybridized carbons (Fsp3) is 0.158. The minimum Gasteiger partial charge on any atom is -0.388 e. The molecule has 0 spiro atoms. The van der Waals surface area contributed by atoms with E-state index in [2.05, 4.69) is 79.7 Å². The van der Waals surface area contributed by atoms with Crippen molar-refractivity contribution in [2.45, 2.75) is 34.1 Å². The van der Waals surface area contributed by atoms with Gasteiger partial charge in [-0.05, 0) is 72.4 Å². The molecule has 4 rings (SSSR count). The molecule has 2 aromatic rings. The molecular formula is C38H44NOP. The second-order valence-electron chi connectivity index (χ2n) is 9.03. The van der Waals surface area contributed by atoms with Gasteiger partial charge in [0.2, 0.25) is 0 Å². The van der Waals surface area contributed by atoms with E-state index in [0.29, 0.717) is 5.31 Å². The normalized spacial score (nSPS) is 18.9. The van der Waals surface area contributed by atoms with Gasteiger partial charge in [0.25, 0.3) is 0 Å². The van der Waals surface area contributed by atoms with E-state index in [1.54, 1.807) is 12.2 Å². The molecule has 0 saturated carbocycles. The largest absolute Gasteiger partial charge is 0.388 e. The van der Waals surface area contributed by atoms with Crippen LogP contribution in [0, 0.1) is 0 Å². The van der Waals surface area contributed by atoms with Gasteiger partial charge in [-0.15, -0.1) is 6.58 Å². The van der Waals surface area contributed by atoms with Gasteiger partial charge in [-0.25, -0.2) is 0 Å². The van der Waals surface area contributed by atoms with Crippen LogP contribution in [0.25, 0.3) is 11.1 Å². The summed E-state index contributed by atoms with van der Waals surface area (Å²) in [6, 6.07) is 16.1. The fourth-order valence-electron chi connectivity index (χ4n) is 4.54. The van der Waals surface area contributed by atoms with Crippen molar-refractivity contribution < 1.29 is 4.57 Å². The summed E-state index contributed by atoms with van der Waals surface area (Å²) in [5.74, 6) is 0. The van der Waals surface area contributed by atoms with Gasteiger partial charge in [0.05, 0.1) is 0 Å². The fourth-order valence-corrected chi connectivity index (χ4v) is 7.38. The Morgan fingerprint density at radius 1 is 1.02 bits per heavy atom. The Morgan fingerprint density at radius 2 is 1.76 bits per heavy atom. The maximum absolute atomic E-state index is 15.3. The van der Waals surface area contributed by atoms with E-state index in [1.165, 1.54) is 0 Å². The molecular weight excluding hydrogens is 517 g/mol. The van der Waals surface area contributed by atoms with Gasteiger partial charge in [0, 0.05) is 28.7 Å². The van der Waals surface area contributed by atoms with E-state index in [4.69, 9.17) is 0 Å². The zero-order valence-electron chi connectivity index (χ0n) is 25.2. The van der Waals surface area contributed by atoms with Crippen LogP contribution in [0.5, 0.6) is 0 Å². The van der Waals surface area contributed by atoms with Crippen LogP contribution in [0.4, 0.5) is 0 Å². The van der Waals surface area contributed by atoms with Crippen molar-refractivity contribution in [2.24, 2.45) is 0 Å². The van der Waals surface area contributed by atoms with Crippen molar-refractivity contribution in [3.63, 3.8) is 0 Å². The number of hydrogen-bond donors (Lipinski definition) is 1. The molecule has 41 heavy (non-hydrogen) atoms. The summed E-state index contributed by atoms with van der Waals surface area (Å²) in [7, 11) is -1.37. The third-order valence-electron chi connectivity index (χ3n) is 6.35. The average Bonchev–Trinajstić information content (AvgIpc) is 3.34. The van der Waals surface area contributed by atoms with Crippen LogP contribution in [-0.4, -0.2) is 7.05 Å². The van der Waals surface area contributed by atoms with Gasteiger partial charge >= 0.3 is 0 Å². The van der Waals surface area contributed by atoms with E-state index in [-0.39, 0.29) is 0 Å². The lowest BCUT2D eigenvalue weighted by atomic mass is 10.0. The molecule has 2 aliphatic rings. The Bertz CT molecular complexity index is 1500. The van der Waals surface area contributed by atoms with Crippen molar-refractivity contribution >= 4 is 28.9 Å². The minimum atomic E-state index is -3.27. The molecule has 2 aromatic carbocycles. The summed E-state index contributed by atoms with van der Waals surface area (Å²) in [6.07, 6.45) is 25.0. The lowest BCUT2D eigenvalue weighted by Crippen LogP contribution is -2.20. The molecule has 1 unspecified atom stereocenters. The van der Waals surface area contributed by atoms with Crippen LogP contribution in [0.2, 0.25) is 0 Å². The first-order valence-corrected chi connectivity index (χ1v) is 15.8. The first-order valence-electron chi connectivity index (χ1n) is 14.1. The number of nitrogens with one attached hydrogen (secondary N) is 1. The van der Waals surface area contributed by atoms with Crippen LogP contribution in [0.3, 0.4) is 0 Å². The Kier molecular flexibility index (Phi) is 13.6. The third-order valence-corrected chi connectivity index (χ3v) is 9.44. The number of benzene rings is 2. The summed E-state index contributed by atoms with van der Waals surface area (Å²) in [4.78, 5) is 0. The average molecular weight is 562 g/mol. The summed E-state index contributed by atoms with van der Waals surface area (Å²) in [5, 5.41) is 5.42. The van der Waals surface area contributed by atoms with E-state index < -0.39 is 7.14 Å². The highest BCUT2D eigenvalue weighted by molar-refractivity contribution is 7.82. The molecule has 1 atom stereocenters. The standard InChI is InChI=1S/C33H32NOP.C3H6.C2H6/c1-5-14-27-22-29(23-30(34-4)15-6-2)32-20-11-12-21-33(32)36(35,25(27)3)31-19-13-18-28(24-31)26-16-9-7-8-10-17-26;1-3-2;1-2/h5-7,9-24,34H,1,3,8H2,2,4H3;3H,1H2,2H3;1-2H3/b15-6-,27-14-,30-23-;;. The number of rotatable bonds is 6. The lowest BCUT2D eigenvalue weighted by Gasteiger charge is -2.23. The molecule has 0 amide bonds. The van der Waals surface area contributed by atoms with E-state index in [9.17, 15) is 0 Å². The van der Waals surface area contributed by atoms with Gasteiger partial charge in [-0.3, -0.25) is 0 Å². The summed E-state index contributed by atoms with van der Waals surface area (Å²) in [5.41, 5.74) is 5.81. The number of likely N-dealkylation sites (N-methyl/N-ethyl adjacent to an activating group) is 1. The molecule has 0 aromatic heterocycles. The third kappa shape index (κ3) is 7.97. The predicted molar refractivity (Wildman–Crippen MR) is 185 cm³/mol. The second-order valence-corrected chi connectivity index (χ2v) is 11.8. The van der Waals surface area contributed by atoms with Crippen molar-refractivity contribution in [1.82, 2.24) is 5.32 Å². The molecule has 3 heteroatoms. The highest BCUT2D eigenvalue weighted by atomic mass is 31.2. The topological polar surface area (TPSA) is 29.1 Å². The van der Waals surface area contributed by atoms with Crippen LogP contribution in [0.15, 0.2) is 158 Å². The van der Waals surface area contributed by atoms with Gasteiger partial charge < -0.3 is 9.88 Å². The minimum absolute atomic E-state index is 0.609. The van der Waals surface area contributed by atoms with E-state index >= 15 is 4.57 Å². The smallest absolute Gasteiger partial charge is 0.171 e. The van der Waals surface area contributed by atoms with Crippen molar-refractivity contribution in [2.75, 3.05) is 7.05 Å². The quantitative estimate of drug-likeness (QED) is 0.216. The highest BCUT2D eigenvalue weighted by Gasteiger charge is 2.36. The SMILES string of the molecule is C=C/C=C1/C=C(\C=C(\C=C/C)NC)c2ccccc2P(=O)(c2cccc(C3=CC=CCC=C3)c2)C1=C.C=CC.CC. The summed E-state index contributed by atoms with van der Waals surface area (Å²) in [6.45, 7) is 19.6. The first kappa shape index (κ1) is 33.1. The molecule has 0 radical (unpaired) electrons. The first-order chi connectivity index (χ1) is 19.9. The molecule has 1 heterocycles. The zero-order valence-corrected chi connectivity index (χ0v) is 26.1. The maximum Gasteiger partial charge on any atom is 0.171 e. The molecule has 0 fully saturated rings. The zero-order chi connectivity index (χ0) is 30.3. The Balaban J connectivity index is 0.00000110. The number of allylic oxidation sites excluding steroid dienone is 16. The monoisotopic (exact) mass is 561 g/mol. The van der Waals surface area contributed by atoms with Crippen molar-refractivity contribution in [3.8, 4) is 0 Å². The summed E-state index contributed by atoms with van der Waals surface area (Å²) < 4.78 is 15.3. The van der Waals surface area contributed by atoms with Gasteiger partial charge in [0.15, 0.2) is 7.14 Å². The summed E-state index contributed by atoms with van der Waals surface area (Å²) >= 11 is 0. The number of fused-ring (bicyclic) bond motifs is 1. The molecule has 2 nitrogen and oxygen atoms in total. The van der Waals surface area contributed by atoms with Crippen LogP contribution < -0.4 is 15.9 Å². The Morgan fingerprint density at radius 3 is 2.44 bits per heavy atom. The Hall–Kier alpha value is -4.13. The predicted octanol–water partition coefficient (Wildman–Crippen LogP) is 9.82. The Labute approximate surface area is 248 Å². The van der Waals surface area contributed by atoms with Crippen molar-refractivity contribution in [3.05, 3.63) is 169 Å². The van der Waals surface area contributed by atoms with Gasteiger partial charge in [-0.1, -0.05) is 124 Å². The molecule has 0 bridgehead atoms. The van der Waals surface area contributed by atoms with E-state index in [0.717, 1.165) is 50.6 Å². The number of hydrogen-bond acceptors (Lipinski definition) is 2. The maximum atomic E-state index is 15.3. The van der Waals surface area contributed by atoms with Crippen molar-refractivity contribution in [1.29, 1.82) is 0 Å². The molecule has 1 N–H and O–H groups in total. The second kappa shape index (κ2) is 16.9. The highest BCUT2D eigenvalue weighted by Crippen LogP contribution is 2.57. The molecule has 212 valence electrons.